The Kier molecular flexibility index (Phi) is 7.52. The number of urea groups is 1. The highest BCUT2D eigenvalue weighted by molar-refractivity contribution is 5.86. The highest BCUT2D eigenvalue weighted by Gasteiger charge is 2.20. The summed E-state index contributed by atoms with van der Waals surface area (Å²) >= 11 is 0. The Labute approximate surface area is 124 Å². The number of aliphatic carboxylic acids is 1. The lowest BCUT2D eigenvalue weighted by atomic mass is 10.1. The standard InChI is InChI=1S/C13H24N4O4/c1-2-3-4-10(12(19)20)16-13(21)15-9-11(18)17-7-5-14-6-8-17/h10,14H,2-9H2,1H3,(H,19,20)(H2,15,16,21)/t10-/m0/s1. The van der Waals surface area contributed by atoms with Crippen LogP contribution in [0.5, 0.6) is 0 Å². The Balaban J connectivity index is 2.31. The van der Waals surface area contributed by atoms with Crippen molar-refractivity contribution in [2.45, 2.75) is 32.2 Å². The maximum Gasteiger partial charge on any atom is 0.326 e. The number of carboxylic acid groups (broad SMARTS) is 1. The summed E-state index contributed by atoms with van der Waals surface area (Å²) in [6.45, 7) is 4.57. The summed E-state index contributed by atoms with van der Waals surface area (Å²) in [5.41, 5.74) is 0. The summed E-state index contributed by atoms with van der Waals surface area (Å²) in [4.78, 5) is 36.1. The molecule has 1 heterocycles. The van der Waals surface area contributed by atoms with Gasteiger partial charge in [0.05, 0.1) is 6.54 Å². The molecule has 1 saturated heterocycles. The lowest BCUT2D eigenvalue weighted by Crippen LogP contribution is -2.52. The van der Waals surface area contributed by atoms with Crippen LogP contribution in [0.15, 0.2) is 0 Å². The largest absolute Gasteiger partial charge is 0.480 e. The van der Waals surface area contributed by atoms with Gasteiger partial charge in [-0.2, -0.15) is 0 Å². The van der Waals surface area contributed by atoms with Gasteiger partial charge in [-0.3, -0.25) is 4.79 Å². The normalized spacial score (nSPS) is 16.1. The predicted octanol–water partition coefficient (Wildman–Crippen LogP) is -0.639. The number of carboxylic acids is 1. The van der Waals surface area contributed by atoms with Gasteiger partial charge in [-0.25, -0.2) is 9.59 Å². The molecule has 8 heteroatoms. The molecular formula is C13H24N4O4. The number of carbonyl (C=O) groups excluding carboxylic acids is 2. The van der Waals surface area contributed by atoms with E-state index in [0.717, 1.165) is 25.9 Å². The molecule has 0 unspecified atom stereocenters. The van der Waals surface area contributed by atoms with E-state index in [1.165, 1.54) is 0 Å². The molecule has 0 radical (unpaired) electrons. The van der Waals surface area contributed by atoms with Crippen molar-refractivity contribution in [2.75, 3.05) is 32.7 Å². The molecule has 0 bridgehead atoms. The average molecular weight is 300 g/mol. The topological polar surface area (TPSA) is 111 Å². The molecule has 1 aliphatic rings. The maximum atomic E-state index is 11.8. The van der Waals surface area contributed by atoms with Crippen LogP contribution in [0.1, 0.15) is 26.2 Å². The first kappa shape index (κ1) is 17.2. The third-order valence-corrected chi connectivity index (χ3v) is 3.32. The fraction of sp³-hybridized carbons (Fsp3) is 0.769. The quantitative estimate of drug-likeness (QED) is 0.500. The van der Waals surface area contributed by atoms with Crippen molar-refractivity contribution >= 4 is 17.9 Å². The van der Waals surface area contributed by atoms with Gasteiger partial charge in [-0.15, -0.1) is 0 Å². The number of hydrogen-bond donors (Lipinski definition) is 4. The van der Waals surface area contributed by atoms with Gasteiger partial charge in [0.25, 0.3) is 0 Å². The predicted molar refractivity (Wildman–Crippen MR) is 76.9 cm³/mol. The van der Waals surface area contributed by atoms with Crippen LogP contribution in [-0.4, -0.2) is 66.7 Å². The molecule has 1 rings (SSSR count). The molecule has 1 aliphatic heterocycles. The van der Waals surface area contributed by atoms with Crippen LogP contribution >= 0.6 is 0 Å². The lowest BCUT2D eigenvalue weighted by molar-refractivity contribution is -0.139. The number of hydrogen-bond acceptors (Lipinski definition) is 4. The van der Waals surface area contributed by atoms with E-state index in [2.05, 4.69) is 16.0 Å². The van der Waals surface area contributed by atoms with Gasteiger partial charge in [-0.05, 0) is 6.42 Å². The number of piperazine rings is 1. The molecule has 0 aromatic carbocycles. The van der Waals surface area contributed by atoms with Gasteiger partial charge < -0.3 is 26.0 Å². The minimum Gasteiger partial charge on any atom is -0.480 e. The highest BCUT2D eigenvalue weighted by Crippen LogP contribution is 2.00. The minimum absolute atomic E-state index is 0.119. The van der Waals surface area contributed by atoms with Gasteiger partial charge in [0.15, 0.2) is 0 Å². The molecule has 0 aliphatic carbocycles. The second-order valence-corrected chi connectivity index (χ2v) is 4.99. The van der Waals surface area contributed by atoms with Crippen molar-refractivity contribution in [3.05, 3.63) is 0 Å². The molecule has 4 N–H and O–H groups in total. The molecule has 21 heavy (non-hydrogen) atoms. The number of nitrogens with one attached hydrogen (secondary N) is 3. The fourth-order valence-corrected chi connectivity index (χ4v) is 2.06. The zero-order valence-corrected chi connectivity index (χ0v) is 12.4. The first-order chi connectivity index (χ1) is 10.0. The third kappa shape index (κ3) is 6.44. The zero-order valence-electron chi connectivity index (χ0n) is 12.4. The highest BCUT2D eigenvalue weighted by atomic mass is 16.4. The molecule has 0 aromatic rings. The van der Waals surface area contributed by atoms with Crippen molar-refractivity contribution in [3.63, 3.8) is 0 Å². The Morgan fingerprint density at radius 2 is 1.95 bits per heavy atom. The van der Waals surface area contributed by atoms with E-state index in [-0.39, 0.29) is 12.5 Å². The van der Waals surface area contributed by atoms with Crippen molar-refractivity contribution in [3.8, 4) is 0 Å². The van der Waals surface area contributed by atoms with Crippen molar-refractivity contribution < 1.29 is 19.5 Å². The number of rotatable bonds is 7. The second kappa shape index (κ2) is 9.17. The van der Waals surface area contributed by atoms with E-state index in [0.29, 0.717) is 19.5 Å². The van der Waals surface area contributed by atoms with Crippen molar-refractivity contribution in [2.24, 2.45) is 0 Å². The number of amides is 3. The van der Waals surface area contributed by atoms with E-state index in [4.69, 9.17) is 5.11 Å². The van der Waals surface area contributed by atoms with Crippen molar-refractivity contribution in [1.82, 2.24) is 20.9 Å². The van der Waals surface area contributed by atoms with Crippen molar-refractivity contribution in [1.29, 1.82) is 0 Å². The molecule has 1 fully saturated rings. The molecule has 1 atom stereocenters. The Bertz CT molecular complexity index is 369. The van der Waals surface area contributed by atoms with Crippen LogP contribution in [0.3, 0.4) is 0 Å². The van der Waals surface area contributed by atoms with Crippen LogP contribution in [0.2, 0.25) is 0 Å². The second-order valence-electron chi connectivity index (χ2n) is 4.99. The van der Waals surface area contributed by atoms with Gasteiger partial charge in [0.1, 0.15) is 6.04 Å². The number of nitrogens with zero attached hydrogens (tertiary/aromatic N) is 1. The van der Waals surface area contributed by atoms with E-state index in [1.54, 1.807) is 4.90 Å². The van der Waals surface area contributed by atoms with Gasteiger partial charge in [0, 0.05) is 26.2 Å². The maximum absolute atomic E-state index is 11.8. The summed E-state index contributed by atoms with van der Waals surface area (Å²) in [7, 11) is 0. The lowest BCUT2D eigenvalue weighted by Gasteiger charge is -2.27. The Morgan fingerprint density at radius 1 is 1.29 bits per heavy atom. The first-order valence-electron chi connectivity index (χ1n) is 7.30. The molecule has 0 saturated carbocycles. The van der Waals surface area contributed by atoms with E-state index in [9.17, 15) is 14.4 Å². The molecule has 0 aromatic heterocycles. The van der Waals surface area contributed by atoms with E-state index < -0.39 is 18.0 Å². The molecule has 8 nitrogen and oxygen atoms in total. The monoisotopic (exact) mass is 300 g/mol. The fourth-order valence-electron chi connectivity index (χ4n) is 2.06. The SMILES string of the molecule is CCCC[C@H](NC(=O)NCC(=O)N1CCNCC1)C(=O)O. The Morgan fingerprint density at radius 3 is 2.52 bits per heavy atom. The first-order valence-corrected chi connectivity index (χ1v) is 7.30. The minimum atomic E-state index is -1.06. The summed E-state index contributed by atoms with van der Waals surface area (Å²) in [5, 5.41) is 16.9. The molecule has 0 spiro atoms. The average Bonchev–Trinajstić information content (AvgIpc) is 2.49. The van der Waals surface area contributed by atoms with Crippen LogP contribution in [0.25, 0.3) is 0 Å². The van der Waals surface area contributed by atoms with E-state index >= 15 is 0 Å². The van der Waals surface area contributed by atoms with Crippen LogP contribution in [0, 0.1) is 0 Å². The Hall–Kier alpha value is -1.83. The molecule has 120 valence electrons. The number of unbranched alkanes of at least 4 members (excludes halogenated alkanes) is 1. The van der Waals surface area contributed by atoms with Gasteiger partial charge >= 0.3 is 12.0 Å². The van der Waals surface area contributed by atoms with Crippen LogP contribution in [0.4, 0.5) is 4.79 Å². The zero-order chi connectivity index (χ0) is 15.7. The number of carbonyl (C=O) groups is 3. The van der Waals surface area contributed by atoms with Crippen LogP contribution < -0.4 is 16.0 Å². The van der Waals surface area contributed by atoms with Crippen LogP contribution in [-0.2, 0) is 9.59 Å². The molecule has 3 amide bonds. The van der Waals surface area contributed by atoms with E-state index in [1.807, 2.05) is 6.92 Å². The summed E-state index contributed by atoms with van der Waals surface area (Å²) in [5.74, 6) is -1.22. The van der Waals surface area contributed by atoms with Gasteiger partial charge in [-0.1, -0.05) is 19.8 Å². The summed E-state index contributed by atoms with van der Waals surface area (Å²) in [6, 6.07) is -1.54. The summed E-state index contributed by atoms with van der Waals surface area (Å²) in [6.07, 6.45) is 1.95. The smallest absolute Gasteiger partial charge is 0.326 e. The molecular weight excluding hydrogens is 276 g/mol. The third-order valence-electron chi connectivity index (χ3n) is 3.32. The van der Waals surface area contributed by atoms with Gasteiger partial charge in [0.2, 0.25) is 5.91 Å². The summed E-state index contributed by atoms with van der Waals surface area (Å²) < 4.78 is 0.